The molecule has 9 heteroatoms. The normalized spacial score (nSPS) is 11.2. The number of benzene rings is 2. The molecule has 3 N–H and O–H groups in total. The predicted molar refractivity (Wildman–Crippen MR) is 120 cm³/mol. The topological polar surface area (TPSA) is 140 Å². The Kier molecular flexibility index (Phi) is 6.35. The van der Waals surface area contributed by atoms with Crippen molar-refractivity contribution in [1.29, 1.82) is 5.26 Å². The van der Waals surface area contributed by atoms with Crippen molar-refractivity contribution in [3.05, 3.63) is 75.6 Å². The number of nitrogens with zero attached hydrogens (tertiary/aromatic N) is 3. The van der Waals surface area contributed by atoms with Crippen LogP contribution in [-0.4, -0.2) is 32.9 Å². The number of hydrogen-bond acceptors (Lipinski definition) is 8. The first-order valence-corrected chi connectivity index (χ1v) is 9.63. The Balaban J connectivity index is 1.86. The van der Waals surface area contributed by atoms with Gasteiger partial charge in [0, 0.05) is 11.1 Å². The van der Waals surface area contributed by atoms with Crippen LogP contribution >= 0.6 is 0 Å². The fourth-order valence-corrected chi connectivity index (χ4v) is 2.72. The van der Waals surface area contributed by atoms with Crippen LogP contribution in [0.3, 0.4) is 0 Å². The van der Waals surface area contributed by atoms with E-state index in [9.17, 15) is 20.0 Å². The highest BCUT2D eigenvalue weighted by Crippen LogP contribution is 2.21. The molecule has 9 nitrogen and oxygen atoms in total. The molecule has 0 unspecified atom stereocenters. The van der Waals surface area contributed by atoms with Crippen molar-refractivity contribution in [1.82, 2.24) is 9.97 Å². The minimum Gasteiger partial charge on any atom is -0.507 e. The van der Waals surface area contributed by atoms with Gasteiger partial charge < -0.3 is 9.84 Å². The lowest BCUT2D eigenvalue weighted by molar-refractivity contribution is 0.00695. The molecule has 0 aliphatic heterocycles. The highest BCUT2D eigenvalue weighted by molar-refractivity contribution is 5.93. The molecule has 3 aromatic rings. The second-order valence-electron chi connectivity index (χ2n) is 7.76. The van der Waals surface area contributed by atoms with Crippen LogP contribution < -0.4 is 11.0 Å². The molecule has 0 amide bonds. The highest BCUT2D eigenvalue weighted by Gasteiger charge is 2.18. The number of hydrogen-bond donors (Lipinski definition) is 3. The fraction of sp³-hybridized carbons (Fsp3) is 0.174. The molecular formula is C23H21N5O4. The first kappa shape index (κ1) is 22.2. The van der Waals surface area contributed by atoms with E-state index in [1.165, 1.54) is 24.4 Å². The maximum atomic E-state index is 12.3. The lowest BCUT2D eigenvalue weighted by Crippen LogP contribution is -2.23. The van der Waals surface area contributed by atoms with E-state index in [1.807, 2.05) is 12.1 Å². The van der Waals surface area contributed by atoms with E-state index in [4.69, 9.17) is 4.74 Å². The summed E-state index contributed by atoms with van der Waals surface area (Å²) in [7, 11) is 0. The molecule has 0 atom stereocenters. The van der Waals surface area contributed by atoms with Crippen LogP contribution in [0.2, 0.25) is 0 Å². The van der Waals surface area contributed by atoms with E-state index in [0.717, 1.165) is 0 Å². The third-order valence-corrected chi connectivity index (χ3v) is 4.11. The molecule has 0 saturated carbocycles. The second-order valence-corrected chi connectivity index (χ2v) is 7.76. The molecule has 0 aliphatic carbocycles. The number of carbonyl (C=O) groups excluding carboxylic acids is 1. The number of aromatic nitrogens is 2. The van der Waals surface area contributed by atoms with E-state index in [2.05, 4.69) is 20.5 Å². The zero-order chi connectivity index (χ0) is 23.3. The second kappa shape index (κ2) is 9.14. The monoisotopic (exact) mass is 431 g/mol. The van der Waals surface area contributed by atoms with Gasteiger partial charge in [-0.3, -0.25) is 9.78 Å². The van der Waals surface area contributed by atoms with Gasteiger partial charge in [-0.1, -0.05) is 30.3 Å². The molecule has 0 bridgehead atoms. The number of nitriles is 1. The third kappa shape index (κ3) is 5.37. The summed E-state index contributed by atoms with van der Waals surface area (Å²) in [6, 6.07) is 14.9. The SMILES string of the molecule is CC(C)(C)OC(=O)c1ccc(O)c(C=NNc2nc(-c3ccccc3)c(C#N)c(=O)[nH]2)c1. The van der Waals surface area contributed by atoms with Crippen molar-refractivity contribution >= 4 is 18.1 Å². The molecule has 0 spiro atoms. The quantitative estimate of drug-likeness (QED) is 0.319. The summed E-state index contributed by atoms with van der Waals surface area (Å²) in [5, 5.41) is 23.4. The maximum absolute atomic E-state index is 12.3. The van der Waals surface area contributed by atoms with E-state index >= 15 is 0 Å². The smallest absolute Gasteiger partial charge is 0.338 e. The van der Waals surface area contributed by atoms with Gasteiger partial charge in [-0.25, -0.2) is 15.2 Å². The number of aromatic hydroxyl groups is 1. The number of phenolic OH excluding ortho intramolecular Hbond substituents is 1. The minimum absolute atomic E-state index is 0.00638. The Labute approximate surface area is 184 Å². The van der Waals surface area contributed by atoms with E-state index < -0.39 is 17.1 Å². The number of anilines is 1. The van der Waals surface area contributed by atoms with Gasteiger partial charge in [0.1, 0.15) is 23.0 Å². The Bertz CT molecular complexity index is 1270. The molecule has 1 aromatic heterocycles. The number of hydrazone groups is 1. The van der Waals surface area contributed by atoms with E-state index in [1.54, 1.807) is 45.0 Å². The van der Waals surface area contributed by atoms with Crippen LogP contribution in [0, 0.1) is 11.3 Å². The summed E-state index contributed by atoms with van der Waals surface area (Å²) in [5.74, 6) is -0.633. The van der Waals surface area contributed by atoms with Crippen molar-refractivity contribution in [2.24, 2.45) is 5.10 Å². The zero-order valence-electron chi connectivity index (χ0n) is 17.7. The first-order valence-electron chi connectivity index (χ1n) is 9.63. The average molecular weight is 431 g/mol. The molecule has 0 fully saturated rings. The zero-order valence-corrected chi connectivity index (χ0v) is 17.7. The lowest BCUT2D eigenvalue weighted by atomic mass is 10.1. The van der Waals surface area contributed by atoms with Crippen molar-refractivity contribution < 1.29 is 14.6 Å². The van der Waals surface area contributed by atoms with E-state index in [-0.39, 0.29) is 34.1 Å². The van der Waals surface area contributed by atoms with Gasteiger partial charge in [0.05, 0.1) is 17.5 Å². The van der Waals surface area contributed by atoms with E-state index in [0.29, 0.717) is 5.56 Å². The molecule has 1 heterocycles. The van der Waals surface area contributed by atoms with Gasteiger partial charge in [0.15, 0.2) is 0 Å². The van der Waals surface area contributed by atoms with Gasteiger partial charge in [-0.2, -0.15) is 10.4 Å². The van der Waals surface area contributed by atoms with Crippen molar-refractivity contribution in [3.63, 3.8) is 0 Å². The number of carbonyl (C=O) groups is 1. The van der Waals surface area contributed by atoms with Crippen LogP contribution in [-0.2, 0) is 4.74 Å². The van der Waals surface area contributed by atoms with Crippen LogP contribution in [0.25, 0.3) is 11.3 Å². The van der Waals surface area contributed by atoms with Gasteiger partial charge in [0.2, 0.25) is 5.95 Å². The molecule has 0 aliphatic rings. The number of phenols is 1. The number of ether oxygens (including phenoxy) is 1. The highest BCUT2D eigenvalue weighted by atomic mass is 16.6. The van der Waals surface area contributed by atoms with Crippen LogP contribution in [0.15, 0.2) is 58.4 Å². The number of nitrogens with one attached hydrogen (secondary N) is 2. The molecule has 0 saturated heterocycles. The van der Waals surface area contributed by atoms with Crippen molar-refractivity contribution in [2.45, 2.75) is 26.4 Å². The largest absolute Gasteiger partial charge is 0.507 e. The average Bonchev–Trinajstić information content (AvgIpc) is 2.74. The summed E-state index contributed by atoms with van der Waals surface area (Å²) < 4.78 is 5.33. The molecular weight excluding hydrogens is 410 g/mol. The van der Waals surface area contributed by atoms with Gasteiger partial charge >= 0.3 is 5.97 Å². The van der Waals surface area contributed by atoms with Crippen LogP contribution in [0.4, 0.5) is 5.95 Å². The lowest BCUT2D eigenvalue weighted by Gasteiger charge is -2.19. The predicted octanol–water partition coefficient (Wildman–Crippen LogP) is 3.42. The molecule has 0 radical (unpaired) electrons. The number of rotatable bonds is 5. The van der Waals surface area contributed by atoms with Crippen molar-refractivity contribution in [3.8, 4) is 23.1 Å². The van der Waals surface area contributed by atoms with Crippen molar-refractivity contribution in [2.75, 3.05) is 5.43 Å². The molecule has 2 aromatic carbocycles. The number of aromatic amines is 1. The summed E-state index contributed by atoms with van der Waals surface area (Å²) >= 11 is 0. The summed E-state index contributed by atoms with van der Waals surface area (Å²) in [6.07, 6.45) is 1.27. The van der Waals surface area contributed by atoms with Gasteiger partial charge in [-0.15, -0.1) is 0 Å². The maximum Gasteiger partial charge on any atom is 0.338 e. The summed E-state index contributed by atoms with van der Waals surface area (Å²) in [4.78, 5) is 31.3. The van der Waals surface area contributed by atoms with Gasteiger partial charge in [-0.05, 0) is 39.0 Å². The Morgan fingerprint density at radius 2 is 1.97 bits per heavy atom. The standard InChI is InChI=1S/C23H21N5O4/c1-23(2,3)32-21(31)15-9-10-18(29)16(11-15)13-25-28-22-26-19(14-7-5-4-6-8-14)17(12-24)20(30)27-22/h4-11,13,29H,1-3H3,(H2,26,27,28,30). The third-order valence-electron chi connectivity index (χ3n) is 4.11. The molecule has 3 rings (SSSR count). The van der Waals surface area contributed by atoms with Crippen LogP contribution in [0.5, 0.6) is 5.75 Å². The first-order chi connectivity index (χ1) is 15.2. The fourth-order valence-electron chi connectivity index (χ4n) is 2.72. The number of esters is 1. The Morgan fingerprint density at radius 3 is 2.62 bits per heavy atom. The minimum atomic E-state index is -0.658. The number of H-pyrrole nitrogens is 1. The van der Waals surface area contributed by atoms with Crippen LogP contribution in [0.1, 0.15) is 42.3 Å². The summed E-state index contributed by atoms with van der Waals surface area (Å²) in [5.41, 5.74) is 2.49. The summed E-state index contributed by atoms with van der Waals surface area (Å²) in [6.45, 7) is 5.27. The Morgan fingerprint density at radius 1 is 1.25 bits per heavy atom. The molecule has 32 heavy (non-hydrogen) atoms. The Hall–Kier alpha value is -4.45. The van der Waals surface area contributed by atoms with Gasteiger partial charge in [0.25, 0.3) is 5.56 Å². The molecule has 162 valence electrons.